The zero-order valence-electron chi connectivity index (χ0n) is 14.6. The lowest BCUT2D eigenvalue weighted by Crippen LogP contribution is -1.90. The molecule has 3 aromatic carbocycles. The van der Waals surface area contributed by atoms with Crippen molar-refractivity contribution >= 4 is 28.7 Å². The Balaban J connectivity index is 1.80. The van der Waals surface area contributed by atoms with E-state index in [0.29, 0.717) is 10.8 Å². The molecule has 27 heavy (non-hydrogen) atoms. The molecule has 0 unspecified atom stereocenters. The Morgan fingerprint density at radius 1 is 1.04 bits per heavy atom. The van der Waals surface area contributed by atoms with Gasteiger partial charge >= 0.3 is 0 Å². The number of phenols is 1. The molecule has 4 nitrogen and oxygen atoms in total. The molecule has 5 heteroatoms. The van der Waals surface area contributed by atoms with Crippen molar-refractivity contribution in [2.45, 2.75) is 0 Å². The normalized spacial score (nSPS) is 11.3. The van der Waals surface area contributed by atoms with Gasteiger partial charge in [-0.3, -0.25) is 0 Å². The van der Waals surface area contributed by atoms with E-state index in [9.17, 15) is 5.11 Å². The molecule has 4 aromatic rings. The van der Waals surface area contributed by atoms with E-state index >= 15 is 0 Å². The van der Waals surface area contributed by atoms with Crippen LogP contribution in [0, 0.1) is 0 Å². The minimum Gasteiger partial charge on any atom is -0.504 e. The summed E-state index contributed by atoms with van der Waals surface area (Å²) in [7, 11) is 1.52. The van der Waals surface area contributed by atoms with Crippen molar-refractivity contribution in [1.29, 1.82) is 0 Å². The fourth-order valence-corrected chi connectivity index (χ4v) is 3.20. The summed E-state index contributed by atoms with van der Waals surface area (Å²) >= 11 is 6.22. The Morgan fingerprint density at radius 3 is 2.63 bits per heavy atom. The second-order valence-corrected chi connectivity index (χ2v) is 6.53. The van der Waals surface area contributed by atoms with Crippen LogP contribution in [0.1, 0.15) is 5.56 Å². The van der Waals surface area contributed by atoms with Crippen molar-refractivity contribution in [2.24, 2.45) is 5.10 Å². The number of halogens is 1. The molecule has 1 N–H and O–H groups in total. The first-order valence-corrected chi connectivity index (χ1v) is 8.81. The van der Waals surface area contributed by atoms with Gasteiger partial charge in [-0.05, 0) is 47.5 Å². The molecule has 0 atom stereocenters. The van der Waals surface area contributed by atoms with Crippen LogP contribution in [0.2, 0.25) is 5.02 Å². The van der Waals surface area contributed by atoms with Gasteiger partial charge in [0.15, 0.2) is 11.5 Å². The van der Waals surface area contributed by atoms with Gasteiger partial charge in [0.25, 0.3) is 0 Å². The predicted octanol–water partition coefficient (Wildman–Crippen LogP) is 5.56. The van der Waals surface area contributed by atoms with E-state index in [2.05, 4.69) is 17.2 Å². The maximum absolute atomic E-state index is 9.73. The third-order valence-electron chi connectivity index (χ3n) is 4.37. The van der Waals surface area contributed by atoms with Crippen LogP contribution < -0.4 is 4.74 Å². The number of hydrogen-bond acceptors (Lipinski definition) is 3. The lowest BCUT2D eigenvalue weighted by molar-refractivity contribution is 0.373. The van der Waals surface area contributed by atoms with Crippen molar-refractivity contribution in [3.05, 3.63) is 83.5 Å². The predicted molar refractivity (Wildman–Crippen MR) is 110 cm³/mol. The van der Waals surface area contributed by atoms with Gasteiger partial charge in [0.1, 0.15) is 0 Å². The summed E-state index contributed by atoms with van der Waals surface area (Å²) in [6.45, 7) is 0. The summed E-state index contributed by atoms with van der Waals surface area (Å²) in [5, 5.41) is 16.0. The minimum atomic E-state index is 0.0991. The van der Waals surface area contributed by atoms with E-state index in [0.717, 1.165) is 27.6 Å². The molecule has 0 aliphatic carbocycles. The standard InChI is InChI=1S/C22H17ClN2O2/c1-27-22-11-15(7-10-21(22)26)13-24-25-14-19(16-5-3-2-4-6-16)18-12-17(23)8-9-20(18)25/h2-14,26H,1H3. The molecule has 0 amide bonds. The Hall–Kier alpha value is -3.24. The van der Waals surface area contributed by atoms with E-state index in [4.69, 9.17) is 16.3 Å². The molecule has 0 bridgehead atoms. The van der Waals surface area contributed by atoms with Gasteiger partial charge in [0.2, 0.25) is 0 Å². The third kappa shape index (κ3) is 3.39. The number of hydrogen-bond donors (Lipinski definition) is 1. The fourth-order valence-electron chi connectivity index (χ4n) is 3.03. The Kier molecular flexibility index (Phi) is 4.57. The highest BCUT2D eigenvalue weighted by Crippen LogP contribution is 2.32. The monoisotopic (exact) mass is 376 g/mol. The highest BCUT2D eigenvalue weighted by atomic mass is 35.5. The molecular weight excluding hydrogens is 360 g/mol. The first-order chi connectivity index (χ1) is 13.2. The van der Waals surface area contributed by atoms with Crippen LogP contribution in [0.4, 0.5) is 0 Å². The quantitative estimate of drug-likeness (QED) is 0.474. The molecular formula is C22H17ClN2O2. The second kappa shape index (κ2) is 7.17. The van der Waals surface area contributed by atoms with Gasteiger partial charge in [0.05, 0.1) is 18.8 Å². The number of phenolic OH excluding ortho intramolecular Hbond substituents is 1. The minimum absolute atomic E-state index is 0.0991. The van der Waals surface area contributed by atoms with Crippen LogP contribution in [0.25, 0.3) is 22.0 Å². The molecule has 0 saturated carbocycles. The lowest BCUT2D eigenvalue weighted by Gasteiger charge is -2.03. The number of rotatable bonds is 4. The summed E-state index contributed by atoms with van der Waals surface area (Å²) in [5.74, 6) is 0.509. The lowest BCUT2D eigenvalue weighted by atomic mass is 10.1. The van der Waals surface area contributed by atoms with Gasteiger partial charge in [-0.1, -0.05) is 41.9 Å². The van der Waals surface area contributed by atoms with Crippen LogP contribution in [0.15, 0.2) is 78.0 Å². The van der Waals surface area contributed by atoms with Crippen molar-refractivity contribution in [1.82, 2.24) is 4.68 Å². The van der Waals surface area contributed by atoms with Crippen LogP contribution in [0.3, 0.4) is 0 Å². The number of nitrogens with zero attached hydrogens (tertiary/aromatic N) is 2. The Bertz CT molecular complexity index is 1130. The smallest absolute Gasteiger partial charge is 0.161 e. The summed E-state index contributed by atoms with van der Waals surface area (Å²) in [4.78, 5) is 0. The van der Waals surface area contributed by atoms with Crippen LogP contribution in [-0.4, -0.2) is 23.1 Å². The largest absolute Gasteiger partial charge is 0.504 e. The van der Waals surface area contributed by atoms with Crippen molar-refractivity contribution in [3.63, 3.8) is 0 Å². The number of methoxy groups -OCH3 is 1. The second-order valence-electron chi connectivity index (χ2n) is 6.09. The maximum atomic E-state index is 9.73. The number of aromatic hydroxyl groups is 1. The number of ether oxygens (including phenoxy) is 1. The van der Waals surface area contributed by atoms with E-state index in [1.165, 1.54) is 7.11 Å². The molecule has 0 fully saturated rings. The van der Waals surface area contributed by atoms with Crippen molar-refractivity contribution in [3.8, 4) is 22.6 Å². The SMILES string of the molecule is COc1cc(C=Nn2cc(-c3ccccc3)c3cc(Cl)ccc32)ccc1O. The van der Waals surface area contributed by atoms with Gasteiger partial charge in [0, 0.05) is 22.2 Å². The van der Waals surface area contributed by atoms with Gasteiger partial charge in [-0.2, -0.15) is 5.10 Å². The Morgan fingerprint density at radius 2 is 1.85 bits per heavy atom. The van der Waals surface area contributed by atoms with Crippen LogP contribution >= 0.6 is 11.6 Å². The van der Waals surface area contributed by atoms with E-state index in [1.54, 1.807) is 24.4 Å². The first-order valence-electron chi connectivity index (χ1n) is 8.43. The van der Waals surface area contributed by atoms with Crippen molar-refractivity contribution < 1.29 is 9.84 Å². The van der Waals surface area contributed by atoms with E-state index in [1.807, 2.05) is 47.3 Å². The van der Waals surface area contributed by atoms with Crippen LogP contribution in [-0.2, 0) is 0 Å². The van der Waals surface area contributed by atoms with Crippen molar-refractivity contribution in [2.75, 3.05) is 7.11 Å². The zero-order chi connectivity index (χ0) is 18.8. The summed E-state index contributed by atoms with van der Waals surface area (Å²) < 4.78 is 6.98. The maximum Gasteiger partial charge on any atom is 0.161 e. The van der Waals surface area contributed by atoms with E-state index in [-0.39, 0.29) is 5.75 Å². The average molecular weight is 377 g/mol. The van der Waals surface area contributed by atoms with Gasteiger partial charge in [-0.25, -0.2) is 4.68 Å². The fraction of sp³-hybridized carbons (Fsp3) is 0.0455. The van der Waals surface area contributed by atoms with Gasteiger partial charge < -0.3 is 9.84 Å². The highest BCUT2D eigenvalue weighted by Gasteiger charge is 2.10. The molecule has 1 heterocycles. The molecule has 1 aromatic heterocycles. The average Bonchev–Trinajstić information content (AvgIpc) is 3.05. The Labute approximate surface area is 161 Å². The summed E-state index contributed by atoms with van der Waals surface area (Å²) in [5.41, 5.74) is 3.94. The molecule has 0 aliphatic heterocycles. The molecule has 0 radical (unpaired) electrons. The number of benzene rings is 3. The summed E-state index contributed by atoms with van der Waals surface area (Å²) in [6, 6.07) is 21.0. The first kappa shape index (κ1) is 17.2. The third-order valence-corrected chi connectivity index (χ3v) is 4.60. The topological polar surface area (TPSA) is 46.8 Å². The molecule has 134 valence electrons. The molecule has 4 rings (SSSR count). The number of fused-ring (bicyclic) bond motifs is 1. The number of aromatic nitrogens is 1. The van der Waals surface area contributed by atoms with Gasteiger partial charge in [-0.15, -0.1) is 0 Å². The molecule has 0 saturated heterocycles. The zero-order valence-corrected chi connectivity index (χ0v) is 15.4. The summed E-state index contributed by atoms with van der Waals surface area (Å²) in [6.07, 6.45) is 3.72. The van der Waals surface area contributed by atoms with Crippen LogP contribution in [0.5, 0.6) is 11.5 Å². The van der Waals surface area contributed by atoms with E-state index < -0.39 is 0 Å². The molecule has 0 spiro atoms. The molecule has 0 aliphatic rings. The highest BCUT2D eigenvalue weighted by molar-refractivity contribution is 6.31.